The zero-order valence-electron chi connectivity index (χ0n) is 41.6. The number of hydrogen-bond donors (Lipinski definition) is 0. The van der Waals surface area contributed by atoms with Gasteiger partial charge in [0.15, 0.2) is 0 Å². The molecule has 54 heavy (non-hydrogen) atoms. The molecule has 1 aromatic carbocycles. The lowest BCUT2D eigenvalue weighted by Crippen LogP contribution is -1.93. The molecule has 0 aromatic heterocycles. The molecule has 0 aliphatic heterocycles. The molecule has 0 aliphatic rings. The molecule has 0 radical (unpaired) electrons. The molecule has 1 aromatic rings. The topological polar surface area (TPSA) is 34.1 Å². The van der Waals surface area contributed by atoms with E-state index in [1.54, 1.807) is 13.8 Å². The molecule has 0 N–H and O–H groups in total. The summed E-state index contributed by atoms with van der Waals surface area (Å²) in [5.74, 6) is 7.09. The Morgan fingerprint density at radius 1 is 0.444 bits per heavy atom. The summed E-state index contributed by atoms with van der Waals surface area (Å²) in [7, 11) is 0. The van der Waals surface area contributed by atoms with Gasteiger partial charge < -0.3 is 9.59 Å². The van der Waals surface area contributed by atoms with Gasteiger partial charge in [0.25, 0.3) is 0 Å². The molecule has 0 bridgehead atoms. The largest absolute Gasteiger partial charge is 0.300 e. The van der Waals surface area contributed by atoms with Crippen molar-refractivity contribution in [2.45, 2.75) is 242 Å². The Labute approximate surface area is 345 Å². The molecular formula is C52H106O2. The van der Waals surface area contributed by atoms with Gasteiger partial charge in [0.2, 0.25) is 0 Å². The van der Waals surface area contributed by atoms with Gasteiger partial charge in [-0.2, -0.15) is 0 Å². The Balaban J connectivity index is -0.000000126. The fourth-order valence-electron chi connectivity index (χ4n) is 4.73. The van der Waals surface area contributed by atoms with Crippen molar-refractivity contribution < 1.29 is 9.59 Å². The molecule has 0 heterocycles. The molecule has 0 amide bonds. The fraction of sp³-hybridized carbons (Fsp3) is 0.846. The predicted molar refractivity (Wildman–Crippen MR) is 252 cm³/mol. The second-order valence-electron chi connectivity index (χ2n) is 19.4. The number of rotatable bonds is 18. The van der Waals surface area contributed by atoms with Crippen LogP contribution >= 0.6 is 0 Å². The minimum atomic E-state index is 0.304. The number of benzene rings is 1. The SMILES string of the molecule is CC(=O)CCC(C)C.CC(=O)CCC(C)C.CC(C)C.CC(C)CC(C)C.CCCCCC(C)C.CCCCCC(C)C.Cc1ccc(CC(C)C)cc1. The lowest BCUT2D eigenvalue weighted by Gasteiger charge is -2.05. The summed E-state index contributed by atoms with van der Waals surface area (Å²) in [5.41, 5.74) is 2.79. The van der Waals surface area contributed by atoms with Crippen LogP contribution in [0.1, 0.15) is 240 Å². The van der Waals surface area contributed by atoms with E-state index in [9.17, 15) is 9.59 Å². The van der Waals surface area contributed by atoms with Crippen molar-refractivity contribution in [2.24, 2.45) is 47.3 Å². The van der Waals surface area contributed by atoms with E-state index in [0.717, 1.165) is 61.2 Å². The summed E-state index contributed by atoms with van der Waals surface area (Å²) in [6, 6.07) is 8.79. The third-order valence-corrected chi connectivity index (χ3v) is 7.62. The smallest absolute Gasteiger partial charge is 0.129 e. The van der Waals surface area contributed by atoms with Crippen molar-refractivity contribution in [3.63, 3.8) is 0 Å². The highest BCUT2D eigenvalue weighted by Gasteiger charge is 1.98. The minimum absolute atomic E-state index is 0.304. The van der Waals surface area contributed by atoms with Gasteiger partial charge in [-0.3, -0.25) is 0 Å². The highest BCUT2D eigenvalue weighted by atomic mass is 16.1. The van der Waals surface area contributed by atoms with Gasteiger partial charge in [0, 0.05) is 12.8 Å². The van der Waals surface area contributed by atoms with Crippen molar-refractivity contribution in [3.05, 3.63) is 35.4 Å². The van der Waals surface area contributed by atoms with Gasteiger partial charge in [0.1, 0.15) is 11.6 Å². The predicted octanol–water partition coefficient (Wildman–Crippen LogP) is 18.0. The van der Waals surface area contributed by atoms with Gasteiger partial charge in [-0.25, -0.2) is 0 Å². The first kappa shape index (κ1) is 64.5. The summed E-state index contributed by atoms with van der Waals surface area (Å²) >= 11 is 0. The molecule has 1 rings (SSSR count). The summed E-state index contributed by atoms with van der Waals surface area (Å²) in [6.45, 7) is 47.6. The van der Waals surface area contributed by atoms with Crippen LogP contribution in [0.4, 0.5) is 0 Å². The van der Waals surface area contributed by atoms with E-state index >= 15 is 0 Å². The lowest BCUT2D eigenvalue weighted by molar-refractivity contribution is -0.118. The Morgan fingerprint density at radius 2 is 0.741 bits per heavy atom. The zero-order chi connectivity index (χ0) is 43.7. The molecule has 0 unspecified atom stereocenters. The van der Waals surface area contributed by atoms with E-state index in [0.29, 0.717) is 23.4 Å². The number of unbranched alkanes of at least 4 members (excludes halogenated alkanes) is 4. The van der Waals surface area contributed by atoms with Gasteiger partial charge in [-0.1, -0.05) is 213 Å². The van der Waals surface area contributed by atoms with Crippen molar-refractivity contribution in [1.29, 1.82) is 0 Å². The van der Waals surface area contributed by atoms with Crippen LogP contribution in [0, 0.1) is 54.3 Å². The van der Waals surface area contributed by atoms with E-state index in [1.807, 2.05) is 0 Å². The number of ketones is 2. The number of carbonyl (C=O) groups excluding carboxylic acids is 2. The van der Waals surface area contributed by atoms with Crippen LogP contribution in [-0.4, -0.2) is 11.6 Å². The Bertz CT molecular complexity index is 795. The zero-order valence-corrected chi connectivity index (χ0v) is 41.6. The minimum Gasteiger partial charge on any atom is -0.300 e. The summed E-state index contributed by atoms with van der Waals surface area (Å²) in [5, 5.41) is 0. The maximum Gasteiger partial charge on any atom is 0.129 e. The number of Topliss-reactive ketones (excluding diaryl/α,β-unsaturated/α-hetero) is 2. The van der Waals surface area contributed by atoms with Crippen LogP contribution in [0.25, 0.3) is 0 Å². The molecular weight excluding hydrogens is 657 g/mol. The molecule has 0 aliphatic carbocycles. The number of carbonyl (C=O) groups is 2. The van der Waals surface area contributed by atoms with Crippen LogP contribution in [0.5, 0.6) is 0 Å². The molecule has 0 spiro atoms. The third kappa shape index (κ3) is 92.9. The van der Waals surface area contributed by atoms with Crippen molar-refractivity contribution in [2.75, 3.05) is 0 Å². The van der Waals surface area contributed by atoms with E-state index in [-0.39, 0.29) is 0 Å². The quantitative estimate of drug-likeness (QED) is 0.140. The Kier molecular flexibility index (Phi) is 56.9. The van der Waals surface area contributed by atoms with Crippen LogP contribution in [0.2, 0.25) is 0 Å². The van der Waals surface area contributed by atoms with Crippen LogP contribution < -0.4 is 0 Å². The van der Waals surface area contributed by atoms with Crippen LogP contribution in [0.15, 0.2) is 24.3 Å². The van der Waals surface area contributed by atoms with Gasteiger partial charge in [-0.15, -0.1) is 0 Å². The molecule has 326 valence electrons. The van der Waals surface area contributed by atoms with E-state index in [1.165, 1.54) is 75.3 Å². The van der Waals surface area contributed by atoms with Crippen molar-refractivity contribution in [3.8, 4) is 0 Å². The fourth-order valence-corrected chi connectivity index (χ4v) is 4.73. The van der Waals surface area contributed by atoms with Crippen LogP contribution in [0.3, 0.4) is 0 Å². The van der Waals surface area contributed by atoms with Gasteiger partial charge in [0.05, 0.1) is 0 Å². The summed E-state index contributed by atoms with van der Waals surface area (Å²) in [6.07, 6.45) is 17.3. The first-order valence-electron chi connectivity index (χ1n) is 22.9. The standard InChI is InChI=1S/C11H16.2C8H18.2C7H14O.C7H16.C4H10/c1-9(2)8-11-6-4-10(3)5-7-11;2*1-4-5-6-7-8(2)3;2*1-6(2)4-5-7(3)8;1-6(2)5-7(3)4;1-4(2)3/h4-7,9H,8H2,1-3H3;2*8H,4-7H2,1-3H3;2*6H,4-5H2,1-3H3;6-7H,5H2,1-4H3;4H,1-3H3. The lowest BCUT2D eigenvalue weighted by atomic mass is 10.0. The maximum absolute atomic E-state index is 10.3. The number of hydrogen-bond acceptors (Lipinski definition) is 2. The summed E-state index contributed by atoms with van der Waals surface area (Å²) in [4.78, 5) is 20.7. The van der Waals surface area contributed by atoms with E-state index in [4.69, 9.17) is 0 Å². The highest BCUT2D eigenvalue weighted by molar-refractivity contribution is 5.75. The second kappa shape index (κ2) is 47.7. The van der Waals surface area contributed by atoms with Gasteiger partial charge in [-0.05, 0) is 99.4 Å². The monoisotopic (exact) mass is 763 g/mol. The average molecular weight is 763 g/mol. The molecule has 2 nitrogen and oxygen atoms in total. The summed E-state index contributed by atoms with van der Waals surface area (Å²) < 4.78 is 0. The van der Waals surface area contributed by atoms with Crippen LogP contribution in [-0.2, 0) is 16.0 Å². The molecule has 2 heteroatoms. The van der Waals surface area contributed by atoms with E-state index < -0.39 is 0 Å². The van der Waals surface area contributed by atoms with E-state index in [2.05, 4.69) is 163 Å². The molecule has 0 saturated carbocycles. The van der Waals surface area contributed by atoms with Crippen molar-refractivity contribution >= 4 is 11.6 Å². The third-order valence-electron chi connectivity index (χ3n) is 7.62. The first-order chi connectivity index (χ1) is 24.8. The highest BCUT2D eigenvalue weighted by Crippen LogP contribution is 2.10. The number of aryl methyl sites for hydroxylation is 1. The Hall–Kier alpha value is -1.44. The first-order valence-corrected chi connectivity index (χ1v) is 22.9. The normalized spacial score (nSPS) is 10.3. The molecule has 0 fully saturated rings. The van der Waals surface area contributed by atoms with Crippen molar-refractivity contribution in [1.82, 2.24) is 0 Å². The maximum atomic E-state index is 10.3. The average Bonchev–Trinajstić information content (AvgIpc) is 3.01. The second-order valence-corrected chi connectivity index (χ2v) is 19.4. The molecule has 0 saturated heterocycles. The molecule has 0 atom stereocenters. The Morgan fingerprint density at radius 3 is 0.907 bits per heavy atom. The van der Waals surface area contributed by atoms with Gasteiger partial charge >= 0.3 is 0 Å².